The Balaban J connectivity index is 2.92. The lowest BCUT2D eigenvalue weighted by Crippen LogP contribution is -2.28. The van der Waals surface area contributed by atoms with Crippen LogP contribution in [0.25, 0.3) is 0 Å². The maximum atomic E-state index is 11.7. The van der Waals surface area contributed by atoms with Gasteiger partial charge in [-0.25, -0.2) is 0 Å². The molecule has 0 aliphatic carbocycles. The van der Waals surface area contributed by atoms with Crippen molar-refractivity contribution in [3.63, 3.8) is 0 Å². The van der Waals surface area contributed by atoms with E-state index in [1.165, 1.54) is 16.8 Å². The molecular formula is C12H19N3O3. The highest BCUT2D eigenvalue weighted by Crippen LogP contribution is 2.14. The molecule has 0 aromatic carbocycles. The van der Waals surface area contributed by atoms with Gasteiger partial charge in [0.2, 0.25) is 0 Å². The van der Waals surface area contributed by atoms with E-state index in [0.717, 1.165) is 13.1 Å². The Kier molecular flexibility index (Phi) is 5.03. The maximum Gasteiger partial charge on any atom is 0.288 e. The number of pyridine rings is 1. The van der Waals surface area contributed by atoms with Gasteiger partial charge in [-0.05, 0) is 25.9 Å². The van der Waals surface area contributed by atoms with Gasteiger partial charge in [0.25, 0.3) is 11.2 Å². The van der Waals surface area contributed by atoms with Gasteiger partial charge in [-0.3, -0.25) is 14.9 Å². The zero-order chi connectivity index (χ0) is 13.7. The van der Waals surface area contributed by atoms with Crippen LogP contribution in [-0.2, 0) is 6.54 Å². The van der Waals surface area contributed by atoms with Crippen LogP contribution < -0.4 is 10.9 Å². The lowest BCUT2D eigenvalue weighted by atomic mass is 10.1. The van der Waals surface area contributed by atoms with Crippen LogP contribution in [0.2, 0.25) is 0 Å². The summed E-state index contributed by atoms with van der Waals surface area (Å²) in [5.74, 6) is 0.241. The number of nitrogens with one attached hydrogen (secondary N) is 1. The first-order chi connectivity index (χ1) is 8.45. The summed E-state index contributed by atoms with van der Waals surface area (Å²) in [5.41, 5.74) is 0.201. The van der Waals surface area contributed by atoms with Crippen LogP contribution in [0.15, 0.2) is 17.1 Å². The molecule has 0 amide bonds. The van der Waals surface area contributed by atoms with Crippen molar-refractivity contribution in [1.82, 2.24) is 9.88 Å². The summed E-state index contributed by atoms with van der Waals surface area (Å²) >= 11 is 0. The van der Waals surface area contributed by atoms with Gasteiger partial charge in [0.05, 0.1) is 11.1 Å². The monoisotopic (exact) mass is 253 g/mol. The van der Waals surface area contributed by atoms with Gasteiger partial charge in [-0.2, -0.15) is 0 Å². The number of hydrogen-bond acceptors (Lipinski definition) is 4. The van der Waals surface area contributed by atoms with Crippen LogP contribution >= 0.6 is 0 Å². The topological polar surface area (TPSA) is 77.2 Å². The molecular weight excluding hydrogens is 234 g/mol. The summed E-state index contributed by atoms with van der Waals surface area (Å²) < 4.78 is 1.41. The van der Waals surface area contributed by atoms with Crippen molar-refractivity contribution < 1.29 is 4.92 Å². The molecule has 6 nitrogen and oxygen atoms in total. The molecule has 0 aliphatic heterocycles. The molecule has 1 aromatic heterocycles. The highest BCUT2D eigenvalue weighted by molar-refractivity contribution is 5.35. The minimum atomic E-state index is -0.458. The van der Waals surface area contributed by atoms with Gasteiger partial charge in [0.1, 0.15) is 0 Å². The van der Waals surface area contributed by atoms with Gasteiger partial charge in [-0.1, -0.05) is 13.8 Å². The van der Waals surface area contributed by atoms with Gasteiger partial charge in [-0.15, -0.1) is 0 Å². The molecule has 1 aromatic rings. The zero-order valence-electron chi connectivity index (χ0n) is 11.0. The third-order valence-electron chi connectivity index (χ3n) is 2.75. The Morgan fingerprint density at radius 3 is 2.78 bits per heavy atom. The molecule has 0 aliphatic rings. The first-order valence-corrected chi connectivity index (χ1v) is 6.01. The van der Waals surface area contributed by atoms with Crippen molar-refractivity contribution in [3.8, 4) is 0 Å². The quantitative estimate of drug-likeness (QED) is 0.612. The van der Waals surface area contributed by atoms with Crippen LogP contribution in [0.4, 0.5) is 5.69 Å². The Morgan fingerprint density at radius 2 is 2.22 bits per heavy atom. The molecule has 0 spiro atoms. The van der Waals surface area contributed by atoms with E-state index in [9.17, 15) is 14.9 Å². The molecule has 6 heteroatoms. The summed E-state index contributed by atoms with van der Waals surface area (Å²) in [4.78, 5) is 22.1. The van der Waals surface area contributed by atoms with Gasteiger partial charge < -0.3 is 9.88 Å². The number of aromatic nitrogens is 1. The predicted octanol–water partition coefficient (Wildman–Crippen LogP) is 1.31. The maximum absolute atomic E-state index is 11.7. The fraction of sp³-hybridized carbons (Fsp3) is 0.583. The summed E-state index contributed by atoms with van der Waals surface area (Å²) in [6.07, 6.45) is 1.33. The lowest BCUT2D eigenvalue weighted by molar-refractivity contribution is -0.385. The van der Waals surface area contributed by atoms with Gasteiger partial charge in [0.15, 0.2) is 0 Å². The van der Waals surface area contributed by atoms with Crippen molar-refractivity contribution >= 4 is 5.69 Å². The molecule has 1 heterocycles. The summed E-state index contributed by atoms with van der Waals surface area (Å²) in [7, 11) is 0. The normalized spacial score (nSPS) is 12.4. The van der Waals surface area contributed by atoms with E-state index >= 15 is 0 Å². The van der Waals surface area contributed by atoms with E-state index in [1.807, 2.05) is 13.8 Å². The van der Waals surface area contributed by atoms with Crippen molar-refractivity contribution in [3.05, 3.63) is 38.3 Å². The van der Waals surface area contributed by atoms with Crippen LogP contribution in [0.1, 0.15) is 19.4 Å². The molecule has 100 valence electrons. The van der Waals surface area contributed by atoms with Crippen LogP contribution in [0, 0.1) is 23.0 Å². The average Bonchev–Trinajstić information content (AvgIpc) is 2.29. The summed E-state index contributed by atoms with van der Waals surface area (Å²) in [6, 6.07) is 1.32. The fourth-order valence-corrected chi connectivity index (χ4v) is 1.78. The van der Waals surface area contributed by atoms with E-state index in [0.29, 0.717) is 12.1 Å². The van der Waals surface area contributed by atoms with Crippen molar-refractivity contribution in [2.75, 3.05) is 13.1 Å². The van der Waals surface area contributed by atoms with E-state index in [-0.39, 0.29) is 17.2 Å². The Morgan fingerprint density at radius 1 is 1.56 bits per heavy atom. The first kappa shape index (κ1) is 14.4. The Labute approximate surface area is 106 Å². The molecule has 1 rings (SSSR count). The molecule has 0 saturated heterocycles. The van der Waals surface area contributed by atoms with Crippen molar-refractivity contribution in [2.45, 2.75) is 27.3 Å². The number of aryl methyl sites for hydroxylation is 1. The third kappa shape index (κ3) is 3.66. The van der Waals surface area contributed by atoms with Crippen molar-refractivity contribution in [2.24, 2.45) is 5.92 Å². The SMILES string of the molecule is CCNCC(C)Cn1cc([N+](=O)[O-])c(C)cc1=O. The second-order valence-corrected chi connectivity index (χ2v) is 4.50. The number of nitro groups is 1. The van der Waals surface area contributed by atoms with Gasteiger partial charge >= 0.3 is 0 Å². The smallest absolute Gasteiger partial charge is 0.288 e. The van der Waals surface area contributed by atoms with Crippen LogP contribution in [0.3, 0.4) is 0 Å². The third-order valence-corrected chi connectivity index (χ3v) is 2.75. The van der Waals surface area contributed by atoms with E-state index in [2.05, 4.69) is 5.32 Å². The van der Waals surface area contributed by atoms with Crippen LogP contribution in [-0.4, -0.2) is 22.6 Å². The molecule has 18 heavy (non-hydrogen) atoms. The van der Waals surface area contributed by atoms with Gasteiger partial charge in [0, 0.05) is 18.2 Å². The Hall–Kier alpha value is -1.69. The number of hydrogen-bond donors (Lipinski definition) is 1. The van der Waals surface area contributed by atoms with E-state index in [1.54, 1.807) is 6.92 Å². The number of rotatable bonds is 6. The first-order valence-electron chi connectivity index (χ1n) is 6.01. The summed E-state index contributed by atoms with van der Waals surface area (Å²) in [6.45, 7) is 7.72. The zero-order valence-corrected chi connectivity index (χ0v) is 11.0. The largest absolute Gasteiger partial charge is 0.317 e. The molecule has 1 atom stereocenters. The van der Waals surface area contributed by atoms with Crippen molar-refractivity contribution in [1.29, 1.82) is 0 Å². The summed E-state index contributed by atoms with van der Waals surface area (Å²) in [5, 5.41) is 14.0. The minimum Gasteiger partial charge on any atom is -0.317 e. The average molecular weight is 253 g/mol. The molecule has 1 unspecified atom stereocenters. The molecule has 0 saturated carbocycles. The second-order valence-electron chi connectivity index (χ2n) is 4.50. The molecule has 0 bridgehead atoms. The highest BCUT2D eigenvalue weighted by Gasteiger charge is 2.14. The predicted molar refractivity (Wildman–Crippen MR) is 69.8 cm³/mol. The van der Waals surface area contributed by atoms with E-state index in [4.69, 9.17) is 0 Å². The minimum absolute atomic E-state index is 0.00903. The van der Waals surface area contributed by atoms with Crippen LogP contribution in [0.5, 0.6) is 0 Å². The lowest BCUT2D eigenvalue weighted by Gasteiger charge is -2.13. The fourth-order valence-electron chi connectivity index (χ4n) is 1.78. The Bertz CT molecular complexity index is 482. The molecule has 0 fully saturated rings. The standard InChI is InChI=1S/C12H19N3O3/c1-4-13-6-9(2)7-14-8-11(15(17)18)10(3)5-12(14)16/h5,8-9,13H,4,6-7H2,1-3H3. The second kappa shape index (κ2) is 6.30. The molecule has 0 radical (unpaired) electrons. The molecule has 1 N–H and O–H groups in total. The number of nitrogens with zero attached hydrogens (tertiary/aromatic N) is 2. The highest BCUT2D eigenvalue weighted by atomic mass is 16.6. The van der Waals surface area contributed by atoms with E-state index < -0.39 is 4.92 Å².